The van der Waals surface area contributed by atoms with Crippen LogP contribution in [0.1, 0.15) is 57.8 Å². The summed E-state index contributed by atoms with van der Waals surface area (Å²) in [5, 5.41) is 7.98. The van der Waals surface area contributed by atoms with E-state index in [1.807, 2.05) is 17.5 Å². The maximum absolute atomic E-state index is 12.5. The lowest BCUT2D eigenvalue weighted by molar-refractivity contribution is -0.132. The van der Waals surface area contributed by atoms with Crippen molar-refractivity contribution in [2.45, 2.75) is 65.5 Å². The number of carbonyl (C=O) groups is 2. The maximum Gasteiger partial charge on any atom is 0.242 e. The van der Waals surface area contributed by atoms with Gasteiger partial charge in [0.25, 0.3) is 0 Å². The van der Waals surface area contributed by atoms with Gasteiger partial charge in [-0.25, -0.2) is 0 Å². The van der Waals surface area contributed by atoms with Crippen LogP contribution in [0.2, 0.25) is 0 Å². The second-order valence-electron chi connectivity index (χ2n) is 7.44. The van der Waals surface area contributed by atoms with Crippen molar-refractivity contribution in [1.29, 1.82) is 0 Å². The third-order valence-electron chi connectivity index (χ3n) is 4.74. The van der Waals surface area contributed by atoms with Crippen LogP contribution in [0.25, 0.3) is 0 Å². The van der Waals surface area contributed by atoms with E-state index >= 15 is 0 Å². The smallest absolute Gasteiger partial charge is 0.242 e. The SMILES string of the molecule is CC(C)C[C@H](NC(=O)C1CCC(C)CC1)C(=O)NCc1cccs1. The Hall–Kier alpha value is -1.36. The zero-order valence-corrected chi connectivity index (χ0v) is 15.8. The van der Waals surface area contributed by atoms with E-state index < -0.39 is 6.04 Å². The van der Waals surface area contributed by atoms with E-state index in [0.29, 0.717) is 18.9 Å². The highest BCUT2D eigenvalue weighted by atomic mass is 32.1. The standard InChI is InChI=1S/C19H30N2O2S/c1-13(2)11-17(19(23)20-12-16-5-4-10-24-16)21-18(22)15-8-6-14(3)7-9-15/h4-5,10,13-15,17H,6-9,11-12H2,1-3H3,(H,20,23)(H,21,22)/t14?,15?,17-/m0/s1. The molecule has 1 aromatic heterocycles. The third kappa shape index (κ3) is 5.93. The van der Waals surface area contributed by atoms with E-state index in [1.54, 1.807) is 11.3 Å². The minimum Gasteiger partial charge on any atom is -0.349 e. The van der Waals surface area contributed by atoms with Crippen molar-refractivity contribution in [3.8, 4) is 0 Å². The molecular formula is C19H30N2O2S. The first-order valence-electron chi connectivity index (χ1n) is 9.06. The van der Waals surface area contributed by atoms with Gasteiger partial charge in [-0.15, -0.1) is 11.3 Å². The van der Waals surface area contributed by atoms with Crippen LogP contribution in [0.4, 0.5) is 0 Å². The number of thiophene rings is 1. The maximum atomic E-state index is 12.5. The minimum absolute atomic E-state index is 0.0545. The van der Waals surface area contributed by atoms with Crippen molar-refractivity contribution in [3.63, 3.8) is 0 Å². The lowest BCUT2D eigenvalue weighted by Gasteiger charge is -2.27. The van der Waals surface area contributed by atoms with Gasteiger partial charge in [-0.2, -0.15) is 0 Å². The van der Waals surface area contributed by atoms with Crippen LogP contribution in [-0.4, -0.2) is 17.9 Å². The molecule has 1 aliphatic rings. The molecular weight excluding hydrogens is 320 g/mol. The summed E-state index contributed by atoms with van der Waals surface area (Å²) in [7, 11) is 0. The van der Waals surface area contributed by atoms with Gasteiger partial charge in [-0.3, -0.25) is 9.59 Å². The molecule has 0 aliphatic heterocycles. The molecule has 134 valence electrons. The quantitative estimate of drug-likeness (QED) is 0.787. The van der Waals surface area contributed by atoms with Crippen LogP contribution in [0, 0.1) is 17.8 Å². The van der Waals surface area contributed by atoms with Gasteiger partial charge in [0, 0.05) is 10.8 Å². The fourth-order valence-electron chi connectivity index (χ4n) is 3.23. The molecule has 1 aliphatic carbocycles. The summed E-state index contributed by atoms with van der Waals surface area (Å²) in [5.41, 5.74) is 0. The Morgan fingerprint density at radius 2 is 1.96 bits per heavy atom. The highest BCUT2D eigenvalue weighted by molar-refractivity contribution is 7.09. The third-order valence-corrected chi connectivity index (χ3v) is 5.62. The molecule has 1 heterocycles. The topological polar surface area (TPSA) is 58.2 Å². The summed E-state index contributed by atoms with van der Waals surface area (Å²) in [6.45, 7) is 6.93. The molecule has 2 amide bonds. The Bertz CT molecular complexity index is 519. The predicted molar refractivity (Wildman–Crippen MR) is 98.7 cm³/mol. The molecule has 2 N–H and O–H groups in total. The van der Waals surface area contributed by atoms with E-state index in [2.05, 4.69) is 31.4 Å². The van der Waals surface area contributed by atoms with E-state index in [4.69, 9.17) is 0 Å². The summed E-state index contributed by atoms with van der Waals surface area (Å²) in [6, 6.07) is 3.55. The van der Waals surface area contributed by atoms with Crippen molar-refractivity contribution in [1.82, 2.24) is 10.6 Å². The normalized spacial score (nSPS) is 22.2. The number of nitrogens with one attached hydrogen (secondary N) is 2. The summed E-state index contributed by atoms with van der Waals surface area (Å²) in [6.07, 6.45) is 4.77. The molecule has 0 radical (unpaired) electrons. The number of rotatable bonds is 7. The Balaban J connectivity index is 1.89. The van der Waals surface area contributed by atoms with Crippen molar-refractivity contribution < 1.29 is 9.59 Å². The van der Waals surface area contributed by atoms with Crippen LogP contribution in [0.15, 0.2) is 17.5 Å². The fourth-order valence-corrected chi connectivity index (χ4v) is 3.87. The van der Waals surface area contributed by atoms with Gasteiger partial charge in [0.15, 0.2) is 0 Å². The predicted octanol–water partition coefficient (Wildman–Crippen LogP) is 3.72. The number of amides is 2. The molecule has 1 aromatic rings. The molecule has 0 saturated heterocycles. The Kier molecular flexibility index (Phi) is 7.28. The van der Waals surface area contributed by atoms with Crippen LogP contribution in [0.3, 0.4) is 0 Å². The zero-order chi connectivity index (χ0) is 17.5. The van der Waals surface area contributed by atoms with Crippen LogP contribution in [-0.2, 0) is 16.1 Å². The van der Waals surface area contributed by atoms with Gasteiger partial charge >= 0.3 is 0 Å². The molecule has 0 aromatic carbocycles. The number of hydrogen-bond donors (Lipinski definition) is 2. The highest BCUT2D eigenvalue weighted by Gasteiger charge is 2.28. The summed E-state index contributed by atoms with van der Waals surface area (Å²) >= 11 is 1.63. The number of carbonyl (C=O) groups excluding carboxylic acids is 2. The van der Waals surface area contributed by atoms with Gasteiger partial charge in [0.05, 0.1) is 6.54 Å². The first-order valence-corrected chi connectivity index (χ1v) is 9.94. The van der Waals surface area contributed by atoms with Crippen molar-refractivity contribution in [2.75, 3.05) is 0 Å². The van der Waals surface area contributed by atoms with E-state index in [0.717, 1.165) is 36.5 Å². The molecule has 24 heavy (non-hydrogen) atoms. The van der Waals surface area contributed by atoms with E-state index in [1.165, 1.54) is 0 Å². The van der Waals surface area contributed by atoms with Crippen molar-refractivity contribution in [3.05, 3.63) is 22.4 Å². The van der Waals surface area contributed by atoms with Gasteiger partial charge in [-0.1, -0.05) is 26.8 Å². The molecule has 2 rings (SSSR count). The Labute approximate surface area is 149 Å². The van der Waals surface area contributed by atoms with E-state index in [9.17, 15) is 9.59 Å². The van der Waals surface area contributed by atoms with Gasteiger partial charge < -0.3 is 10.6 Å². The van der Waals surface area contributed by atoms with Crippen LogP contribution >= 0.6 is 11.3 Å². The highest BCUT2D eigenvalue weighted by Crippen LogP contribution is 2.28. The average Bonchev–Trinajstić information content (AvgIpc) is 3.05. The first kappa shape index (κ1) is 19.0. The molecule has 0 spiro atoms. The molecule has 0 bridgehead atoms. The number of hydrogen-bond acceptors (Lipinski definition) is 3. The van der Waals surface area contributed by atoms with Crippen LogP contribution < -0.4 is 10.6 Å². The molecule has 4 nitrogen and oxygen atoms in total. The van der Waals surface area contributed by atoms with Gasteiger partial charge in [-0.05, 0) is 55.4 Å². The zero-order valence-electron chi connectivity index (χ0n) is 15.0. The van der Waals surface area contributed by atoms with Crippen molar-refractivity contribution >= 4 is 23.2 Å². The lowest BCUT2D eigenvalue weighted by Crippen LogP contribution is -2.49. The minimum atomic E-state index is -0.434. The molecule has 5 heteroatoms. The first-order chi connectivity index (χ1) is 11.5. The Morgan fingerprint density at radius 3 is 2.54 bits per heavy atom. The van der Waals surface area contributed by atoms with Gasteiger partial charge in [0.2, 0.25) is 11.8 Å². The van der Waals surface area contributed by atoms with Gasteiger partial charge in [0.1, 0.15) is 6.04 Å². The largest absolute Gasteiger partial charge is 0.349 e. The molecule has 0 unspecified atom stereocenters. The summed E-state index contributed by atoms with van der Waals surface area (Å²) in [4.78, 5) is 26.2. The Morgan fingerprint density at radius 1 is 1.25 bits per heavy atom. The summed E-state index contributed by atoms with van der Waals surface area (Å²) in [5.74, 6) is 1.12. The summed E-state index contributed by atoms with van der Waals surface area (Å²) < 4.78 is 0. The molecule has 1 fully saturated rings. The van der Waals surface area contributed by atoms with E-state index in [-0.39, 0.29) is 17.7 Å². The second kappa shape index (κ2) is 9.21. The lowest BCUT2D eigenvalue weighted by atomic mass is 9.82. The van der Waals surface area contributed by atoms with Crippen LogP contribution in [0.5, 0.6) is 0 Å². The second-order valence-corrected chi connectivity index (χ2v) is 8.48. The molecule has 1 saturated carbocycles. The monoisotopic (exact) mass is 350 g/mol. The van der Waals surface area contributed by atoms with Crippen molar-refractivity contribution in [2.24, 2.45) is 17.8 Å². The molecule has 1 atom stereocenters. The average molecular weight is 351 g/mol. The fraction of sp³-hybridized carbons (Fsp3) is 0.684.